The Labute approximate surface area is 118 Å². The second kappa shape index (κ2) is 7.96. The van der Waals surface area contributed by atoms with Crippen LogP contribution in [0, 0.1) is 17.2 Å². The van der Waals surface area contributed by atoms with Crippen molar-refractivity contribution in [2.75, 3.05) is 12.4 Å². The van der Waals surface area contributed by atoms with E-state index in [0.717, 1.165) is 11.3 Å². The van der Waals surface area contributed by atoms with Crippen LogP contribution < -0.4 is 4.74 Å². The summed E-state index contributed by atoms with van der Waals surface area (Å²) in [7, 11) is -0.844. The average molecular weight is 279 g/mol. The zero-order chi connectivity index (χ0) is 14.3. The second-order valence-corrected chi connectivity index (χ2v) is 6.77. The maximum absolute atomic E-state index is 11.9. The first kappa shape index (κ1) is 15.7. The van der Waals surface area contributed by atoms with E-state index in [-0.39, 0.29) is 5.25 Å². The van der Waals surface area contributed by atoms with Gasteiger partial charge in [-0.05, 0) is 23.6 Å². The summed E-state index contributed by atoms with van der Waals surface area (Å²) in [5.41, 5.74) is 0.979. The highest BCUT2D eigenvalue weighted by Gasteiger charge is 2.14. The van der Waals surface area contributed by atoms with Crippen molar-refractivity contribution in [1.29, 1.82) is 5.26 Å². The molecule has 2 atom stereocenters. The summed E-state index contributed by atoms with van der Waals surface area (Å²) >= 11 is 0. The lowest BCUT2D eigenvalue weighted by molar-refractivity contribution is 0.342. The molecule has 0 saturated carbocycles. The lowest BCUT2D eigenvalue weighted by Gasteiger charge is -2.15. The van der Waals surface area contributed by atoms with E-state index in [1.165, 1.54) is 0 Å². The van der Waals surface area contributed by atoms with E-state index in [1.54, 1.807) is 0 Å². The van der Waals surface area contributed by atoms with Gasteiger partial charge in [-0.15, -0.1) is 0 Å². The van der Waals surface area contributed by atoms with Gasteiger partial charge in [0.05, 0.1) is 24.8 Å². The van der Waals surface area contributed by atoms with Crippen LogP contribution in [0.5, 0.6) is 5.75 Å². The van der Waals surface area contributed by atoms with Crippen LogP contribution in [0.4, 0.5) is 0 Å². The predicted octanol–water partition coefficient (Wildman–Crippen LogP) is 2.92. The van der Waals surface area contributed by atoms with Crippen molar-refractivity contribution in [2.24, 2.45) is 5.92 Å². The molecule has 0 spiro atoms. The molecule has 0 amide bonds. The van der Waals surface area contributed by atoms with Crippen molar-refractivity contribution in [2.45, 2.75) is 32.4 Å². The van der Waals surface area contributed by atoms with Gasteiger partial charge in [-0.2, -0.15) is 5.26 Å². The van der Waals surface area contributed by atoms with E-state index in [4.69, 9.17) is 10.00 Å². The SMILES string of the molecule is CC(C)C(C)S(=O)CCOc1ccc(CC#N)cc1. The minimum Gasteiger partial charge on any atom is -0.493 e. The van der Waals surface area contributed by atoms with E-state index < -0.39 is 10.8 Å². The summed E-state index contributed by atoms with van der Waals surface area (Å²) in [5, 5.41) is 8.77. The summed E-state index contributed by atoms with van der Waals surface area (Å²) in [6, 6.07) is 9.56. The van der Waals surface area contributed by atoms with Gasteiger partial charge in [-0.1, -0.05) is 32.9 Å². The molecular formula is C15H21NO2S. The molecule has 1 aromatic rings. The fourth-order valence-electron chi connectivity index (χ4n) is 1.53. The van der Waals surface area contributed by atoms with Crippen LogP contribution in [0.25, 0.3) is 0 Å². The Balaban J connectivity index is 2.37. The smallest absolute Gasteiger partial charge is 0.119 e. The maximum atomic E-state index is 11.9. The Bertz CT molecular complexity index is 448. The minimum absolute atomic E-state index is 0.196. The van der Waals surface area contributed by atoms with Crippen molar-refractivity contribution in [1.82, 2.24) is 0 Å². The third-order valence-corrected chi connectivity index (χ3v) is 5.06. The van der Waals surface area contributed by atoms with Gasteiger partial charge in [0.1, 0.15) is 5.75 Å². The monoisotopic (exact) mass is 279 g/mol. The van der Waals surface area contributed by atoms with Crippen molar-refractivity contribution in [3.8, 4) is 11.8 Å². The van der Waals surface area contributed by atoms with Gasteiger partial charge < -0.3 is 4.74 Å². The van der Waals surface area contributed by atoms with Gasteiger partial charge >= 0.3 is 0 Å². The Morgan fingerprint density at radius 3 is 2.42 bits per heavy atom. The fraction of sp³-hybridized carbons (Fsp3) is 0.533. The quantitative estimate of drug-likeness (QED) is 0.771. The zero-order valence-corrected chi connectivity index (χ0v) is 12.6. The average Bonchev–Trinajstić information content (AvgIpc) is 2.40. The van der Waals surface area contributed by atoms with Crippen LogP contribution >= 0.6 is 0 Å². The maximum Gasteiger partial charge on any atom is 0.119 e. The van der Waals surface area contributed by atoms with Gasteiger partial charge in [0, 0.05) is 16.0 Å². The molecule has 1 aromatic carbocycles. The van der Waals surface area contributed by atoms with Gasteiger partial charge in [-0.25, -0.2) is 0 Å². The number of ether oxygens (including phenoxy) is 1. The molecule has 2 unspecified atom stereocenters. The van der Waals surface area contributed by atoms with Crippen LogP contribution in [-0.2, 0) is 17.2 Å². The Morgan fingerprint density at radius 2 is 1.89 bits per heavy atom. The number of rotatable bonds is 7. The van der Waals surface area contributed by atoms with E-state index in [0.29, 0.717) is 24.7 Å². The van der Waals surface area contributed by atoms with Gasteiger partial charge in [0.25, 0.3) is 0 Å². The molecule has 3 nitrogen and oxygen atoms in total. The first-order valence-electron chi connectivity index (χ1n) is 6.50. The van der Waals surface area contributed by atoms with E-state index in [9.17, 15) is 4.21 Å². The van der Waals surface area contributed by atoms with E-state index in [2.05, 4.69) is 19.9 Å². The summed E-state index contributed by atoms with van der Waals surface area (Å²) in [4.78, 5) is 0. The minimum atomic E-state index is -0.844. The molecule has 19 heavy (non-hydrogen) atoms. The number of nitrogens with zero attached hydrogens (tertiary/aromatic N) is 1. The third-order valence-electron chi connectivity index (χ3n) is 3.11. The number of nitriles is 1. The molecular weight excluding hydrogens is 258 g/mol. The molecule has 1 rings (SSSR count). The molecule has 4 heteroatoms. The molecule has 0 heterocycles. The van der Waals surface area contributed by atoms with Crippen molar-refractivity contribution in [3.05, 3.63) is 29.8 Å². The topological polar surface area (TPSA) is 50.1 Å². The second-order valence-electron chi connectivity index (χ2n) is 4.86. The van der Waals surface area contributed by atoms with Crippen LogP contribution in [0.15, 0.2) is 24.3 Å². The molecule has 0 aliphatic rings. The molecule has 0 N–H and O–H groups in total. The molecule has 0 bridgehead atoms. The standard InChI is InChI=1S/C15H21NO2S/c1-12(2)13(3)19(17)11-10-18-15-6-4-14(5-7-15)8-9-16/h4-7,12-13H,8,10-11H2,1-3H3. The van der Waals surface area contributed by atoms with Gasteiger partial charge in [0.15, 0.2) is 0 Å². The molecule has 0 aliphatic carbocycles. The number of benzene rings is 1. The van der Waals surface area contributed by atoms with Crippen LogP contribution in [0.1, 0.15) is 26.3 Å². The number of hydrogen-bond acceptors (Lipinski definition) is 3. The predicted molar refractivity (Wildman–Crippen MR) is 78.6 cm³/mol. The van der Waals surface area contributed by atoms with Crippen LogP contribution in [0.3, 0.4) is 0 Å². The van der Waals surface area contributed by atoms with Crippen LogP contribution in [0.2, 0.25) is 0 Å². The van der Waals surface area contributed by atoms with Crippen LogP contribution in [-0.4, -0.2) is 21.8 Å². The lowest BCUT2D eigenvalue weighted by Crippen LogP contribution is -2.22. The highest BCUT2D eigenvalue weighted by atomic mass is 32.2. The Hall–Kier alpha value is -1.34. The van der Waals surface area contributed by atoms with E-state index >= 15 is 0 Å². The fourth-order valence-corrected chi connectivity index (χ4v) is 2.75. The zero-order valence-electron chi connectivity index (χ0n) is 11.8. The molecule has 0 radical (unpaired) electrons. The van der Waals surface area contributed by atoms with E-state index in [1.807, 2.05) is 31.2 Å². The molecule has 0 saturated heterocycles. The lowest BCUT2D eigenvalue weighted by atomic mass is 10.2. The normalized spacial score (nSPS) is 13.8. The van der Waals surface area contributed by atoms with Gasteiger partial charge in [0.2, 0.25) is 0 Å². The van der Waals surface area contributed by atoms with Crippen molar-refractivity contribution in [3.63, 3.8) is 0 Å². The Kier molecular flexibility index (Phi) is 6.58. The molecule has 104 valence electrons. The highest BCUT2D eigenvalue weighted by molar-refractivity contribution is 7.85. The molecule has 0 fully saturated rings. The van der Waals surface area contributed by atoms with Crippen molar-refractivity contribution >= 4 is 10.8 Å². The first-order valence-corrected chi connectivity index (χ1v) is 7.88. The van der Waals surface area contributed by atoms with Crippen molar-refractivity contribution < 1.29 is 8.95 Å². The summed E-state index contributed by atoms with van der Waals surface area (Å²) in [6.45, 7) is 6.63. The summed E-state index contributed by atoms with van der Waals surface area (Å²) < 4.78 is 17.5. The highest BCUT2D eigenvalue weighted by Crippen LogP contribution is 2.13. The first-order chi connectivity index (χ1) is 9.04. The summed E-state index contributed by atoms with van der Waals surface area (Å²) in [6.07, 6.45) is 0.413. The third kappa shape index (κ3) is 5.44. The number of hydrogen-bond donors (Lipinski definition) is 0. The molecule has 0 aliphatic heterocycles. The molecule has 0 aromatic heterocycles. The van der Waals surface area contributed by atoms with Gasteiger partial charge in [-0.3, -0.25) is 4.21 Å². The largest absolute Gasteiger partial charge is 0.493 e. The Morgan fingerprint density at radius 1 is 1.26 bits per heavy atom. The summed E-state index contributed by atoms with van der Waals surface area (Å²) in [5.74, 6) is 1.74.